The molecule has 0 radical (unpaired) electrons. The Morgan fingerprint density at radius 2 is 2.06 bits per heavy atom. The third-order valence-corrected chi connectivity index (χ3v) is 4.20. The van der Waals surface area contributed by atoms with Crippen molar-refractivity contribution in [2.45, 2.75) is 31.5 Å². The van der Waals surface area contributed by atoms with Crippen LogP contribution in [0.5, 0.6) is 5.75 Å². The lowest BCUT2D eigenvalue weighted by atomic mass is 9.99. The molecule has 2 N–H and O–H groups in total. The van der Waals surface area contributed by atoms with E-state index in [-0.39, 0.29) is 16.5 Å². The van der Waals surface area contributed by atoms with Crippen LogP contribution in [0.25, 0.3) is 0 Å². The molecule has 0 saturated carbocycles. The number of aromatic hydroxyl groups is 1. The number of phenolic OH excluding ortho intramolecular Hbond substituents is 1. The van der Waals surface area contributed by atoms with Gasteiger partial charge in [-0.3, -0.25) is 4.79 Å². The van der Waals surface area contributed by atoms with Crippen molar-refractivity contribution in [3.63, 3.8) is 0 Å². The number of hydrogen-bond donors (Lipinski definition) is 2. The zero-order valence-electron chi connectivity index (χ0n) is 10.8. The Labute approximate surface area is 117 Å². The molecule has 0 spiro atoms. The molecule has 0 saturated heterocycles. The Morgan fingerprint density at radius 1 is 1.39 bits per heavy atom. The monoisotopic (exact) mass is 313 g/mol. The Morgan fingerprint density at radius 3 is 2.61 bits per heavy atom. The van der Waals surface area contributed by atoms with Crippen LogP contribution in [-0.2, 0) is 0 Å². The molecule has 0 aliphatic rings. The number of carbonyl (C=O) groups excluding carboxylic acids is 1. The first-order valence-corrected chi connectivity index (χ1v) is 7.21. The highest BCUT2D eigenvalue weighted by Gasteiger charge is 2.16. The van der Waals surface area contributed by atoms with E-state index in [2.05, 4.69) is 35.1 Å². The summed E-state index contributed by atoms with van der Waals surface area (Å²) in [6, 6.07) is 6.37. The van der Waals surface area contributed by atoms with E-state index in [1.165, 1.54) is 6.07 Å². The van der Waals surface area contributed by atoms with Crippen molar-refractivity contribution in [2.24, 2.45) is 5.92 Å². The van der Waals surface area contributed by atoms with Crippen LogP contribution in [0.1, 0.15) is 37.0 Å². The van der Waals surface area contributed by atoms with Gasteiger partial charge >= 0.3 is 0 Å². The maximum Gasteiger partial charge on any atom is 0.251 e. The maximum atomic E-state index is 11.9. The SMILES string of the molecule is CCC(CC)C(Br)CNC(=O)c1cccc(O)c1. The van der Waals surface area contributed by atoms with Gasteiger partial charge in [0.15, 0.2) is 0 Å². The highest BCUT2D eigenvalue weighted by Crippen LogP contribution is 2.19. The molecule has 100 valence electrons. The fraction of sp³-hybridized carbons (Fsp3) is 0.500. The Hall–Kier alpha value is -1.03. The second-order valence-corrected chi connectivity index (χ2v) is 5.53. The quantitative estimate of drug-likeness (QED) is 0.791. The van der Waals surface area contributed by atoms with E-state index in [4.69, 9.17) is 0 Å². The topological polar surface area (TPSA) is 49.3 Å². The Bertz CT molecular complexity index is 391. The molecule has 0 aliphatic carbocycles. The molecular formula is C14H20BrNO2. The van der Waals surface area contributed by atoms with Crippen molar-refractivity contribution in [1.29, 1.82) is 0 Å². The summed E-state index contributed by atoms with van der Waals surface area (Å²) in [5.74, 6) is 0.522. The molecule has 18 heavy (non-hydrogen) atoms. The molecule has 0 heterocycles. The van der Waals surface area contributed by atoms with Gasteiger partial charge in [0.2, 0.25) is 0 Å². The average Bonchev–Trinajstić information content (AvgIpc) is 2.37. The first kappa shape index (κ1) is 15.0. The van der Waals surface area contributed by atoms with Gasteiger partial charge in [0, 0.05) is 16.9 Å². The largest absolute Gasteiger partial charge is 0.508 e. The van der Waals surface area contributed by atoms with Crippen molar-refractivity contribution >= 4 is 21.8 Å². The van der Waals surface area contributed by atoms with Crippen LogP contribution < -0.4 is 5.32 Å². The number of halogens is 1. The van der Waals surface area contributed by atoms with Crippen molar-refractivity contribution < 1.29 is 9.90 Å². The smallest absolute Gasteiger partial charge is 0.251 e. The fourth-order valence-corrected chi connectivity index (χ4v) is 2.82. The number of nitrogens with one attached hydrogen (secondary N) is 1. The molecule has 1 amide bonds. The molecule has 1 aromatic carbocycles. The van der Waals surface area contributed by atoms with E-state index < -0.39 is 0 Å². The normalized spacial score (nSPS) is 12.4. The first-order valence-electron chi connectivity index (χ1n) is 6.29. The average molecular weight is 314 g/mol. The highest BCUT2D eigenvalue weighted by molar-refractivity contribution is 9.09. The van der Waals surface area contributed by atoms with Crippen LogP contribution in [0, 0.1) is 5.92 Å². The van der Waals surface area contributed by atoms with E-state index in [0.29, 0.717) is 18.0 Å². The van der Waals surface area contributed by atoms with E-state index in [1.807, 2.05) is 0 Å². The van der Waals surface area contributed by atoms with E-state index in [9.17, 15) is 9.90 Å². The summed E-state index contributed by atoms with van der Waals surface area (Å²) in [5.41, 5.74) is 0.485. The summed E-state index contributed by atoms with van der Waals surface area (Å²) in [6.07, 6.45) is 2.18. The third-order valence-electron chi connectivity index (χ3n) is 3.13. The van der Waals surface area contributed by atoms with Crippen LogP contribution in [0.4, 0.5) is 0 Å². The van der Waals surface area contributed by atoms with E-state index in [0.717, 1.165) is 12.8 Å². The molecule has 3 nitrogen and oxygen atoms in total. The number of rotatable bonds is 6. The summed E-state index contributed by atoms with van der Waals surface area (Å²) in [4.78, 5) is 12.1. The lowest BCUT2D eigenvalue weighted by Gasteiger charge is -2.19. The molecule has 1 unspecified atom stereocenters. The predicted molar refractivity (Wildman–Crippen MR) is 77.2 cm³/mol. The van der Waals surface area contributed by atoms with Crippen LogP contribution in [0.15, 0.2) is 24.3 Å². The van der Waals surface area contributed by atoms with Crippen molar-refractivity contribution in [1.82, 2.24) is 5.32 Å². The maximum absolute atomic E-state index is 11.9. The number of phenols is 1. The van der Waals surface area contributed by atoms with Crippen LogP contribution >= 0.6 is 15.9 Å². The third kappa shape index (κ3) is 4.33. The number of benzene rings is 1. The first-order chi connectivity index (χ1) is 8.58. The minimum atomic E-state index is -0.152. The Kier molecular flexibility index (Phi) is 6.19. The standard InChI is InChI=1S/C14H20BrNO2/c1-3-10(4-2)13(15)9-16-14(18)11-6-5-7-12(17)8-11/h5-8,10,13,17H,3-4,9H2,1-2H3,(H,16,18). The number of hydrogen-bond acceptors (Lipinski definition) is 2. The number of amides is 1. The lowest BCUT2D eigenvalue weighted by Crippen LogP contribution is -2.32. The minimum Gasteiger partial charge on any atom is -0.508 e. The fourth-order valence-electron chi connectivity index (χ4n) is 1.91. The van der Waals surface area contributed by atoms with Gasteiger partial charge in [0.1, 0.15) is 5.75 Å². The summed E-state index contributed by atoms with van der Waals surface area (Å²) in [6.45, 7) is 4.90. The molecule has 0 fully saturated rings. The molecular weight excluding hydrogens is 294 g/mol. The molecule has 0 aromatic heterocycles. The van der Waals surface area contributed by atoms with Crippen LogP contribution in [0.3, 0.4) is 0 Å². The zero-order valence-corrected chi connectivity index (χ0v) is 12.4. The van der Waals surface area contributed by atoms with Gasteiger partial charge in [0.05, 0.1) is 0 Å². The highest BCUT2D eigenvalue weighted by atomic mass is 79.9. The van der Waals surface area contributed by atoms with Gasteiger partial charge in [-0.2, -0.15) is 0 Å². The molecule has 0 bridgehead atoms. The Balaban J connectivity index is 2.51. The minimum absolute atomic E-state index is 0.109. The second kappa shape index (κ2) is 7.41. The van der Waals surface area contributed by atoms with Crippen LogP contribution in [-0.4, -0.2) is 22.4 Å². The molecule has 1 aromatic rings. The summed E-state index contributed by atoms with van der Waals surface area (Å²) in [5, 5.41) is 12.2. The zero-order chi connectivity index (χ0) is 13.5. The van der Waals surface area contributed by atoms with Gasteiger partial charge in [-0.25, -0.2) is 0 Å². The summed E-state index contributed by atoms with van der Waals surface area (Å²) >= 11 is 3.62. The van der Waals surface area contributed by atoms with Crippen molar-refractivity contribution in [2.75, 3.05) is 6.54 Å². The van der Waals surface area contributed by atoms with Gasteiger partial charge < -0.3 is 10.4 Å². The van der Waals surface area contributed by atoms with Crippen LogP contribution in [0.2, 0.25) is 0 Å². The number of alkyl halides is 1. The molecule has 4 heteroatoms. The lowest BCUT2D eigenvalue weighted by molar-refractivity contribution is 0.0951. The molecule has 1 atom stereocenters. The van der Waals surface area contributed by atoms with Crippen molar-refractivity contribution in [3.8, 4) is 5.75 Å². The van der Waals surface area contributed by atoms with Crippen molar-refractivity contribution in [3.05, 3.63) is 29.8 Å². The van der Waals surface area contributed by atoms with Gasteiger partial charge in [-0.1, -0.05) is 48.7 Å². The predicted octanol–water partition coefficient (Wildman–Crippen LogP) is 3.32. The van der Waals surface area contributed by atoms with Gasteiger partial charge in [-0.15, -0.1) is 0 Å². The van der Waals surface area contributed by atoms with E-state index >= 15 is 0 Å². The molecule has 1 rings (SSSR count). The second-order valence-electron chi connectivity index (χ2n) is 4.35. The van der Waals surface area contributed by atoms with Gasteiger partial charge in [-0.05, 0) is 24.1 Å². The molecule has 0 aliphatic heterocycles. The number of carbonyl (C=O) groups is 1. The summed E-state index contributed by atoms with van der Waals surface area (Å²) < 4.78 is 0. The summed E-state index contributed by atoms with van der Waals surface area (Å²) in [7, 11) is 0. The van der Waals surface area contributed by atoms with E-state index in [1.54, 1.807) is 18.2 Å². The van der Waals surface area contributed by atoms with Gasteiger partial charge in [0.25, 0.3) is 5.91 Å².